The van der Waals surface area contributed by atoms with Gasteiger partial charge in [0.25, 0.3) is 0 Å². The number of anilines is 1. The maximum Gasteiger partial charge on any atom is 0.413 e. The fraction of sp³-hybridized carbons (Fsp3) is 0.111. The van der Waals surface area contributed by atoms with Crippen LogP contribution in [-0.2, 0) is 4.74 Å². The number of nitro groups is 1. The van der Waals surface area contributed by atoms with Crippen LogP contribution in [0.25, 0.3) is 0 Å². The number of benzene rings is 1. The largest absolute Gasteiger partial charge is 0.453 e. The van der Waals surface area contributed by atoms with Crippen molar-refractivity contribution < 1.29 is 18.8 Å². The summed E-state index contributed by atoms with van der Waals surface area (Å²) >= 11 is 4.73. The van der Waals surface area contributed by atoms with Gasteiger partial charge < -0.3 is 10.1 Å². The lowest BCUT2D eigenvalue weighted by Crippen LogP contribution is -2.33. The molecular weight excluding hydrogens is 265 g/mol. The van der Waals surface area contributed by atoms with E-state index in [2.05, 4.69) is 15.4 Å². The van der Waals surface area contributed by atoms with Crippen LogP contribution >= 0.6 is 12.2 Å². The summed E-state index contributed by atoms with van der Waals surface area (Å²) in [5.41, 5.74) is -0.523. The van der Waals surface area contributed by atoms with Crippen molar-refractivity contribution in [2.45, 2.75) is 0 Å². The minimum Gasteiger partial charge on any atom is -0.453 e. The number of carbonyl (C=O) groups excluding carboxylic acids is 1. The van der Waals surface area contributed by atoms with Crippen molar-refractivity contribution in [1.82, 2.24) is 5.32 Å². The highest BCUT2D eigenvalue weighted by atomic mass is 32.1. The third kappa shape index (κ3) is 3.63. The molecule has 0 aliphatic carbocycles. The molecule has 7 nitrogen and oxygen atoms in total. The van der Waals surface area contributed by atoms with Crippen LogP contribution in [0.15, 0.2) is 18.2 Å². The van der Waals surface area contributed by atoms with Gasteiger partial charge in [-0.3, -0.25) is 15.4 Å². The van der Waals surface area contributed by atoms with Crippen molar-refractivity contribution in [3.8, 4) is 0 Å². The summed E-state index contributed by atoms with van der Waals surface area (Å²) in [5.74, 6) is -0.961. The lowest BCUT2D eigenvalue weighted by atomic mass is 10.2. The Morgan fingerprint density at radius 1 is 1.56 bits per heavy atom. The summed E-state index contributed by atoms with van der Waals surface area (Å²) in [5, 5.41) is 15.0. The number of rotatable bonds is 2. The molecule has 0 spiro atoms. The van der Waals surface area contributed by atoms with Gasteiger partial charge in [-0.15, -0.1) is 0 Å². The van der Waals surface area contributed by atoms with E-state index in [4.69, 9.17) is 12.2 Å². The van der Waals surface area contributed by atoms with E-state index >= 15 is 0 Å². The molecule has 1 rings (SSSR count). The highest BCUT2D eigenvalue weighted by Crippen LogP contribution is 2.21. The van der Waals surface area contributed by atoms with Gasteiger partial charge in [-0.1, -0.05) is 0 Å². The van der Waals surface area contributed by atoms with E-state index in [0.29, 0.717) is 0 Å². The fourth-order valence-electron chi connectivity index (χ4n) is 1.04. The van der Waals surface area contributed by atoms with Gasteiger partial charge in [0.15, 0.2) is 5.11 Å². The number of ether oxygens (including phenoxy) is 1. The van der Waals surface area contributed by atoms with Gasteiger partial charge in [0, 0.05) is 11.8 Å². The first-order chi connectivity index (χ1) is 8.43. The van der Waals surface area contributed by atoms with E-state index < -0.39 is 22.5 Å². The minimum atomic E-state index is -0.961. The van der Waals surface area contributed by atoms with E-state index in [-0.39, 0.29) is 10.8 Å². The molecule has 0 aromatic heterocycles. The van der Waals surface area contributed by atoms with Crippen molar-refractivity contribution in [1.29, 1.82) is 0 Å². The van der Waals surface area contributed by atoms with Crippen molar-refractivity contribution in [2.75, 3.05) is 12.4 Å². The van der Waals surface area contributed by atoms with Crippen molar-refractivity contribution in [3.63, 3.8) is 0 Å². The first-order valence-corrected chi connectivity index (χ1v) is 4.94. The highest BCUT2D eigenvalue weighted by molar-refractivity contribution is 7.80. The second-order valence-corrected chi connectivity index (χ2v) is 3.40. The third-order valence-electron chi connectivity index (χ3n) is 1.80. The van der Waals surface area contributed by atoms with Gasteiger partial charge >= 0.3 is 11.8 Å². The maximum atomic E-state index is 13.0. The van der Waals surface area contributed by atoms with Crippen LogP contribution in [0.1, 0.15) is 0 Å². The second-order valence-electron chi connectivity index (χ2n) is 2.99. The summed E-state index contributed by atoms with van der Waals surface area (Å²) in [6.45, 7) is 0. The van der Waals surface area contributed by atoms with Crippen molar-refractivity contribution in [3.05, 3.63) is 34.1 Å². The molecule has 0 fully saturated rings. The molecule has 0 heterocycles. The smallest absolute Gasteiger partial charge is 0.413 e. The zero-order valence-electron chi connectivity index (χ0n) is 9.10. The summed E-state index contributed by atoms with van der Waals surface area (Å²) in [4.78, 5) is 20.4. The van der Waals surface area contributed by atoms with E-state index in [0.717, 1.165) is 19.2 Å². The van der Waals surface area contributed by atoms with Crippen LogP contribution in [0.3, 0.4) is 0 Å². The number of methoxy groups -OCH3 is 1. The Kier molecular flexibility index (Phi) is 4.49. The molecule has 0 saturated heterocycles. The molecule has 96 valence electrons. The molecule has 9 heteroatoms. The predicted molar refractivity (Wildman–Crippen MR) is 64.8 cm³/mol. The number of nitrogens with one attached hydrogen (secondary N) is 2. The number of nitro benzene ring substituents is 1. The Labute approximate surface area is 106 Å². The second kappa shape index (κ2) is 5.87. The van der Waals surface area contributed by atoms with E-state index in [1.807, 2.05) is 0 Å². The van der Waals surface area contributed by atoms with Crippen LogP contribution in [0.4, 0.5) is 20.6 Å². The number of hydrogen-bond donors (Lipinski definition) is 2. The molecule has 0 atom stereocenters. The van der Waals surface area contributed by atoms with Crippen LogP contribution < -0.4 is 10.6 Å². The van der Waals surface area contributed by atoms with E-state index in [9.17, 15) is 19.3 Å². The van der Waals surface area contributed by atoms with Crippen LogP contribution in [-0.4, -0.2) is 23.2 Å². The molecule has 1 aromatic carbocycles. The molecule has 0 bridgehead atoms. The highest BCUT2D eigenvalue weighted by Gasteiger charge is 2.15. The molecule has 2 N–H and O–H groups in total. The van der Waals surface area contributed by atoms with Gasteiger partial charge in [-0.05, 0) is 24.4 Å². The number of carbonyl (C=O) groups is 1. The standard InChI is InChI=1S/C9H8FN3O4S/c1-17-9(14)12-8(18)11-5-2-3-6(10)7(4-5)13(15)16/h2-4H,1H3,(H2,11,12,14,18). The Balaban J connectivity index is 2.79. The first-order valence-electron chi connectivity index (χ1n) is 4.54. The Hall–Kier alpha value is -2.29. The van der Waals surface area contributed by atoms with E-state index in [1.54, 1.807) is 0 Å². The van der Waals surface area contributed by atoms with Crippen molar-refractivity contribution >= 4 is 34.8 Å². The molecule has 0 aliphatic rings. The number of halogens is 1. The van der Waals surface area contributed by atoms with Crippen LogP contribution in [0, 0.1) is 15.9 Å². The lowest BCUT2D eigenvalue weighted by Gasteiger charge is -2.08. The minimum absolute atomic E-state index is 0.122. The summed E-state index contributed by atoms with van der Waals surface area (Å²) in [6, 6.07) is 3.12. The van der Waals surface area contributed by atoms with Gasteiger partial charge in [-0.2, -0.15) is 4.39 Å². The molecule has 18 heavy (non-hydrogen) atoms. The Bertz CT molecular complexity index is 509. The molecule has 0 radical (unpaired) electrons. The Morgan fingerprint density at radius 2 is 2.22 bits per heavy atom. The molecule has 0 saturated carbocycles. The summed E-state index contributed by atoms with van der Waals surface area (Å²) in [6.07, 6.45) is -0.788. The number of nitrogens with zero attached hydrogens (tertiary/aromatic N) is 1. The normalized spacial score (nSPS) is 9.44. The average Bonchev–Trinajstić information content (AvgIpc) is 2.31. The van der Waals surface area contributed by atoms with E-state index in [1.165, 1.54) is 6.07 Å². The van der Waals surface area contributed by atoms with Gasteiger partial charge in [0.05, 0.1) is 12.0 Å². The first kappa shape index (κ1) is 13.8. The quantitative estimate of drug-likeness (QED) is 0.484. The number of hydrogen-bond acceptors (Lipinski definition) is 5. The monoisotopic (exact) mass is 273 g/mol. The lowest BCUT2D eigenvalue weighted by molar-refractivity contribution is -0.387. The third-order valence-corrected chi connectivity index (χ3v) is 2.01. The zero-order chi connectivity index (χ0) is 13.7. The summed E-state index contributed by atoms with van der Waals surface area (Å²) in [7, 11) is 1.15. The van der Waals surface area contributed by atoms with Gasteiger partial charge in [0.1, 0.15) is 0 Å². The van der Waals surface area contributed by atoms with Crippen LogP contribution in [0.2, 0.25) is 0 Å². The van der Waals surface area contributed by atoms with Crippen LogP contribution in [0.5, 0.6) is 0 Å². The predicted octanol–water partition coefficient (Wildman–Crippen LogP) is 1.79. The number of amides is 1. The number of alkyl carbamates (subject to hydrolysis) is 1. The van der Waals surface area contributed by atoms with Gasteiger partial charge in [0.2, 0.25) is 5.82 Å². The number of thiocarbonyl (C=S) groups is 1. The Morgan fingerprint density at radius 3 is 2.78 bits per heavy atom. The topological polar surface area (TPSA) is 93.5 Å². The molecule has 0 aliphatic heterocycles. The average molecular weight is 273 g/mol. The molecule has 0 unspecified atom stereocenters. The summed E-state index contributed by atoms with van der Waals surface area (Å²) < 4.78 is 17.3. The molecule has 1 aromatic rings. The molecular formula is C9H8FN3O4S. The van der Waals surface area contributed by atoms with Gasteiger partial charge in [-0.25, -0.2) is 4.79 Å². The zero-order valence-corrected chi connectivity index (χ0v) is 9.91. The SMILES string of the molecule is COC(=O)NC(=S)Nc1ccc(F)c([N+](=O)[O-])c1. The molecule has 1 amide bonds. The maximum absolute atomic E-state index is 13.0. The fourth-order valence-corrected chi connectivity index (χ4v) is 1.24. The van der Waals surface area contributed by atoms with Crippen molar-refractivity contribution in [2.24, 2.45) is 0 Å².